The molecule has 1 aromatic carbocycles. The molecule has 11 heteroatoms. The van der Waals surface area contributed by atoms with E-state index in [-0.39, 0.29) is 17.9 Å². The van der Waals surface area contributed by atoms with Crippen molar-refractivity contribution >= 4 is 5.97 Å². The SMILES string of the molecule is O=C(O[C@@H]1C=C(CO)[C@@H]2[C@H](O[C@@H]3O[C@H](CO)[C@@H](O)[C@H](O)[C@H]3O)OC=C[C@@H]21)c1ccc(O)cc1. The van der Waals surface area contributed by atoms with Crippen LogP contribution in [0, 0.1) is 11.8 Å². The lowest BCUT2D eigenvalue weighted by Gasteiger charge is -2.42. The van der Waals surface area contributed by atoms with Crippen molar-refractivity contribution in [3.63, 3.8) is 0 Å². The summed E-state index contributed by atoms with van der Waals surface area (Å²) in [6.07, 6.45) is -4.61. The molecule has 2 heterocycles. The second kappa shape index (κ2) is 9.77. The van der Waals surface area contributed by atoms with E-state index in [0.717, 1.165) is 0 Å². The number of hydrogen-bond donors (Lipinski definition) is 6. The van der Waals surface area contributed by atoms with Crippen LogP contribution in [0.1, 0.15) is 10.4 Å². The number of phenolic OH excluding ortho intramolecular Hbond substituents is 1. The van der Waals surface area contributed by atoms with E-state index in [9.17, 15) is 35.4 Å². The number of rotatable bonds is 6. The third-order valence-corrected chi connectivity index (χ3v) is 6.05. The molecule has 0 saturated carbocycles. The Labute approximate surface area is 188 Å². The maximum absolute atomic E-state index is 12.5. The normalized spacial score (nSPS) is 37.7. The molecule has 9 atom stereocenters. The summed E-state index contributed by atoms with van der Waals surface area (Å²) in [5, 5.41) is 58.8. The van der Waals surface area contributed by atoms with Crippen molar-refractivity contribution in [2.24, 2.45) is 11.8 Å². The molecule has 0 unspecified atom stereocenters. The van der Waals surface area contributed by atoms with Crippen LogP contribution < -0.4 is 0 Å². The minimum Gasteiger partial charge on any atom is -0.508 e. The first-order valence-corrected chi connectivity index (χ1v) is 10.4. The van der Waals surface area contributed by atoms with Crippen molar-refractivity contribution in [2.45, 2.75) is 43.1 Å². The molecule has 180 valence electrons. The largest absolute Gasteiger partial charge is 0.508 e. The minimum atomic E-state index is -1.62. The average molecular weight is 466 g/mol. The van der Waals surface area contributed by atoms with Crippen molar-refractivity contribution in [3.05, 3.63) is 53.8 Å². The summed E-state index contributed by atoms with van der Waals surface area (Å²) in [6, 6.07) is 5.57. The molecule has 1 aromatic rings. The monoisotopic (exact) mass is 466 g/mol. The zero-order valence-electron chi connectivity index (χ0n) is 17.4. The molecule has 0 aromatic heterocycles. The summed E-state index contributed by atoms with van der Waals surface area (Å²) < 4.78 is 22.3. The third-order valence-electron chi connectivity index (χ3n) is 6.05. The van der Waals surface area contributed by atoms with Gasteiger partial charge in [-0.3, -0.25) is 0 Å². The highest BCUT2D eigenvalue weighted by Gasteiger charge is 2.50. The van der Waals surface area contributed by atoms with Gasteiger partial charge >= 0.3 is 5.97 Å². The van der Waals surface area contributed by atoms with Crippen LogP contribution in [0.15, 0.2) is 48.3 Å². The number of aliphatic hydroxyl groups is 5. The molecule has 11 nitrogen and oxygen atoms in total. The fraction of sp³-hybridized carbons (Fsp3) is 0.500. The quantitative estimate of drug-likeness (QED) is 0.219. The van der Waals surface area contributed by atoms with Gasteiger partial charge in [0.25, 0.3) is 0 Å². The smallest absolute Gasteiger partial charge is 0.338 e. The first-order valence-electron chi connectivity index (χ1n) is 10.4. The van der Waals surface area contributed by atoms with E-state index in [1.54, 1.807) is 12.2 Å². The highest BCUT2D eigenvalue weighted by Crippen LogP contribution is 2.42. The molecule has 33 heavy (non-hydrogen) atoms. The van der Waals surface area contributed by atoms with E-state index in [1.807, 2.05) is 0 Å². The van der Waals surface area contributed by atoms with Crippen LogP contribution in [-0.4, -0.2) is 92.9 Å². The Morgan fingerprint density at radius 2 is 1.73 bits per heavy atom. The number of carbonyl (C=O) groups excluding carboxylic acids is 1. The summed E-state index contributed by atoms with van der Waals surface area (Å²) in [6.45, 7) is -0.987. The second-order valence-electron chi connectivity index (χ2n) is 8.09. The zero-order chi connectivity index (χ0) is 23.7. The summed E-state index contributed by atoms with van der Waals surface area (Å²) >= 11 is 0. The van der Waals surface area contributed by atoms with Gasteiger partial charge in [-0.15, -0.1) is 0 Å². The van der Waals surface area contributed by atoms with Crippen molar-refractivity contribution in [1.82, 2.24) is 0 Å². The molecular formula is C22H26O11. The Morgan fingerprint density at radius 3 is 2.39 bits per heavy atom. The van der Waals surface area contributed by atoms with E-state index in [0.29, 0.717) is 5.57 Å². The maximum Gasteiger partial charge on any atom is 0.338 e. The van der Waals surface area contributed by atoms with Crippen molar-refractivity contribution in [2.75, 3.05) is 13.2 Å². The van der Waals surface area contributed by atoms with Gasteiger partial charge in [0.15, 0.2) is 6.29 Å². The van der Waals surface area contributed by atoms with Gasteiger partial charge in [-0.05, 0) is 42.0 Å². The van der Waals surface area contributed by atoms with Crippen LogP contribution >= 0.6 is 0 Å². The third kappa shape index (κ3) is 4.62. The Hall–Kier alpha value is -2.51. The predicted molar refractivity (Wildman–Crippen MR) is 108 cm³/mol. The summed E-state index contributed by atoms with van der Waals surface area (Å²) in [4.78, 5) is 12.5. The molecule has 0 bridgehead atoms. The van der Waals surface area contributed by atoms with Crippen LogP contribution in [-0.2, 0) is 18.9 Å². The van der Waals surface area contributed by atoms with Crippen molar-refractivity contribution in [1.29, 1.82) is 0 Å². The highest BCUT2D eigenvalue weighted by atomic mass is 16.8. The molecule has 0 amide bonds. The number of esters is 1. The lowest BCUT2D eigenvalue weighted by molar-refractivity contribution is -0.339. The Morgan fingerprint density at radius 1 is 1.00 bits per heavy atom. The number of aliphatic hydroxyl groups excluding tert-OH is 5. The predicted octanol–water partition coefficient (Wildman–Crippen LogP) is -1.23. The van der Waals surface area contributed by atoms with Crippen LogP contribution in [0.2, 0.25) is 0 Å². The number of ether oxygens (including phenoxy) is 4. The van der Waals surface area contributed by atoms with E-state index in [1.165, 1.54) is 30.5 Å². The van der Waals surface area contributed by atoms with E-state index >= 15 is 0 Å². The number of hydrogen-bond acceptors (Lipinski definition) is 11. The van der Waals surface area contributed by atoms with Gasteiger partial charge in [0.2, 0.25) is 6.29 Å². The van der Waals surface area contributed by atoms with Gasteiger partial charge in [0.05, 0.1) is 31.0 Å². The molecule has 0 spiro atoms. The minimum absolute atomic E-state index is 0.00971. The first kappa shape index (κ1) is 23.6. The fourth-order valence-corrected chi connectivity index (χ4v) is 4.26. The molecule has 0 radical (unpaired) electrons. The van der Waals surface area contributed by atoms with Crippen LogP contribution in [0.5, 0.6) is 5.75 Å². The van der Waals surface area contributed by atoms with Gasteiger partial charge < -0.3 is 49.6 Å². The standard InChI is InChI=1S/C22H26O11/c23-8-11-7-14(31-20(29)10-1-3-12(25)4-2-10)13-5-6-30-21(16(11)13)33-22-19(28)18(27)17(26)15(9-24)32-22/h1-7,13-19,21-28H,8-9H2/t13-,14-,15-,16+,17-,18+,19-,21+,22+/m1/s1. The number of phenols is 1. The second-order valence-corrected chi connectivity index (χ2v) is 8.09. The van der Waals surface area contributed by atoms with Gasteiger partial charge in [-0.1, -0.05) is 0 Å². The van der Waals surface area contributed by atoms with E-state index in [2.05, 4.69) is 0 Å². The van der Waals surface area contributed by atoms with Crippen molar-refractivity contribution in [3.8, 4) is 5.75 Å². The van der Waals surface area contributed by atoms with Gasteiger partial charge in [0, 0.05) is 5.92 Å². The number of fused-ring (bicyclic) bond motifs is 1. The Balaban J connectivity index is 1.49. The molecule has 3 aliphatic rings. The molecule has 6 N–H and O–H groups in total. The number of carbonyl (C=O) groups is 1. The molecular weight excluding hydrogens is 440 g/mol. The summed E-state index contributed by atoms with van der Waals surface area (Å²) in [5.74, 6) is -1.68. The Kier molecular flexibility index (Phi) is 7.00. The van der Waals surface area contributed by atoms with Gasteiger partial charge in [0.1, 0.15) is 36.3 Å². The summed E-state index contributed by atoms with van der Waals surface area (Å²) in [7, 11) is 0. The van der Waals surface area contributed by atoms with Crippen LogP contribution in [0.3, 0.4) is 0 Å². The van der Waals surface area contributed by atoms with Crippen LogP contribution in [0.25, 0.3) is 0 Å². The highest BCUT2D eigenvalue weighted by molar-refractivity contribution is 5.89. The zero-order valence-corrected chi connectivity index (χ0v) is 17.4. The maximum atomic E-state index is 12.5. The molecule has 4 rings (SSSR count). The topological polar surface area (TPSA) is 175 Å². The lowest BCUT2D eigenvalue weighted by atomic mass is 9.88. The molecule has 1 aliphatic carbocycles. The average Bonchev–Trinajstić information content (AvgIpc) is 3.18. The van der Waals surface area contributed by atoms with E-state index in [4.69, 9.17) is 18.9 Å². The lowest BCUT2D eigenvalue weighted by Crippen LogP contribution is -2.60. The van der Waals surface area contributed by atoms with Gasteiger partial charge in [-0.25, -0.2) is 4.79 Å². The molecule has 1 fully saturated rings. The number of benzene rings is 1. The first-order chi connectivity index (χ1) is 15.8. The van der Waals surface area contributed by atoms with E-state index < -0.39 is 67.5 Å². The Bertz CT molecular complexity index is 896. The van der Waals surface area contributed by atoms with Crippen molar-refractivity contribution < 1.29 is 54.4 Å². The molecule has 1 saturated heterocycles. The summed E-state index contributed by atoms with van der Waals surface area (Å²) in [5.41, 5.74) is 0.711. The van der Waals surface area contributed by atoms with Gasteiger partial charge in [-0.2, -0.15) is 0 Å². The molecule has 2 aliphatic heterocycles. The van der Waals surface area contributed by atoms with Crippen LogP contribution in [0.4, 0.5) is 0 Å². The number of aromatic hydroxyl groups is 1. The fourth-order valence-electron chi connectivity index (χ4n) is 4.26.